The van der Waals surface area contributed by atoms with E-state index in [2.05, 4.69) is 279 Å². The molecule has 7 nitrogen and oxygen atoms in total. The summed E-state index contributed by atoms with van der Waals surface area (Å²) < 4.78 is 7.06. The molecule has 7 heterocycles. The summed E-state index contributed by atoms with van der Waals surface area (Å²) in [6.07, 6.45) is 1.86. The van der Waals surface area contributed by atoms with Crippen LogP contribution in [0.2, 0.25) is 0 Å². The summed E-state index contributed by atoms with van der Waals surface area (Å²) in [5, 5.41) is 9.40. The highest BCUT2D eigenvalue weighted by Gasteiger charge is 2.30. The molecular weight excluding hydrogens is 975 g/mol. The number of hydrogen-bond donors (Lipinski definition) is 0. The Morgan fingerprint density at radius 3 is 1.39 bits per heavy atom. The Kier molecular flexibility index (Phi) is 9.58. The van der Waals surface area contributed by atoms with Crippen molar-refractivity contribution in [1.82, 2.24) is 28.7 Å². The Bertz CT molecular complexity index is 5180. The van der Waals surface area contributed by atoms with Crippen LogP contribution in [0.4, 0.5) is 17.2 Å². The second-order valence-electron chi connectivity index (χ2n) is 20.8. The summed E-state index contributed by atoms with van der Waals surface area (Å²) in [6.45, 7) is 0. The lowest BCUT2D eigenvalue weighted by Crippen LogP contribution is -2.16. The maximum absolute atomic E-state index is 5.62. The van der Waals surface area contributed by atoms with Crippen molar-refractivity contribution in [2.24, 2.45) is 0 Å². The van der Waals surface area contributed by atoms with Crippen LogP contribution in [0.1, 0.15) is 0 Å². The van der Waals surface area contributed by atoms with Crippen LogP contribution in [0.3, 0.4) is 0 Å². The fourth-order valence-corrected chi connectivity index (χ4v) is 12.9. The number of pyridine rings is 3. The van der Waals surface area contributed by atoms with E-state index in [1.54, 1.807) is 0 Å². The van der Waals surface area contributed by atoms with Crippen molar-refractivity contribution in [3.8, 4) is 62.1 Å². The first-order chi connectivity index (χ1) is 39.7. The molecule has 0 bridgehead atoms. The zero-order valence-electron chi connectivity index (χ0n) is 43.1. The monoisotopic (exact) mass is 1020 g/mol. The van der Waals surface area contributed by atoms with Crippen LogP contribution in [0.5, 0.6) is 0 Å². The molecule has 6 aromatic heterocycles. The molecule has 0 saturated carbocycles. The molecule has 0 unspecified atom stereocenters. The molecule has 0 radical (unpaired) electrons. The first kappa shape index (κ1) is 44.3. The number of fused-ring (bicyclic) bond motifs is 11. The van der Waals surface area contributed by atoms with Gasteiger partial charge in [-0.1, -0.05) is 140 Å². The number of aromatic nitrogens is 6. The van der Waals surface area contributed by atoms with E-state index < -0.39 is 0 Å². The molecule has 80 heavy (non-hydrogen) atoms. The van der Waals surface area contributed by atoms with E-state index in [9.17, 15) is 0 Å². The highest BCUT2D eigenvalue weighted by atomic mass is 15.2. The van der Waals surface area contributed by atoms with Gasteiger partial charge in [0, 0.05) is 77.5 Å². The number of anilines is 3. The molecule has 0 saturated heterocycles. The molecule has 0 N–H and O–H groups in total. The highest BCUT2D eigenvalue weighted by molar-refractivity contribution is 6.19. The van der Waals surface area contributed by atoms with Gasteiger partial charge >= 0.3 is 0 Å². The SMILES string of the molecule is c1ccc(-n2c3ccccc3c3cc(-c4cccc(N5c6cc7c(cc6-c6cccc8cccc5c68)c5cc(-c6ccccn6)ccc5n7-c5cccc(-c6ccc7c(c6)c6ccccc6n7-c6ccccc6)n5)n4)ccc32)cc1. The quantitative estimate of drug-likeness (QED) is 0.160. The second kappa shape index (κ2) is 17.3. The predicted molar refractivity (Wildman–Crippen MR) is 330 cm³/mol. The Hall–Kier alpha value is -10.9. The van der Waals surface area contributed by atoms with Gasteiger partial charge in [0.15, 0.2) is 0 Å². The third kappa shape index (κ3) is 6.64. The smallest absolute Gasteiger partial charge is 0.138 e. The molecule has 0 fully saturated rings. The lowest BCUT2D eigenvalue weighted by molar-refractivity contribution is 1.08. The maximum Gasteiger partial charge on any atom is 0.138 e. The molecule has 7 heteroatoms. The van der Waals surface area contributed by atoms with Gasteiger partial charge in [0.25, 0.3) is 0 Å². The van der Waals surface area contributed by atoms with Crippen molar-refractivity contribution in [3.63, 3.8) is 0 Å². The van der Waals surface area contributed by atoms with E-state index in [4.69, 9.17) is 15.0 Å². The van der Waals surface area contributed by atoms with Gasteiger partial charge in [-0.25, -0.2) is 9.97 Å². The van der Waals surface area contributed by atoms with Gasteiger partial charge in [-0.05, 0) is 138 Å². The zero-order chi connectivity index (χ0) is 52.4. The molecule has 0 aliphatic carbocycles. The molecular formula is C73H45N7. The number of nitrogens with zero attached hydrogens (tertiary/aromatic N) is 7. The largest absolute Gasteiger partial charge is 0.309 e. The van der Waals surface area contributed by atoms with Crippen molar-refractivity contribution in [1.29, 1.82) is 0 Å². The third-order valence-corrected chi connectivity index (χ3v) is 16.4. The van der Waals surface area contributed by atoms with E-state index in [1.807, 2.05) is 12.3 Å². The summed E-state index contributed by atoms with van der Waals surface area (Å²) in [6, 6.07) is 95.9. The minimum absolute atomic E-state index is 0.828. The van der Waals surface area contributed by atoms with E-state index in [0.717, 1.165) is 107 Å². The molecule has 1 aliphatic rings. The van der Waals surface area contributed by atoms with Gasteiger partial charge in [0.05, 0.1) is 61.6 Å². The Morgan fingerprint density at radius 2 is 0.762 bits per heavy atom. The first-order valence-electron chi connectivity index (χ1n) is 27.2. The summed E-state index contributed by atoms with van der Waals surface area (Å²) in [7, 11) is 0. The maximum atomic E-state index is 5.62. The van der Waals surface area contributed by atoms with Crippen LogP contribution in [0.25, 0.3) is 138 Å². The molecule has 0 spiro atoms. The van der Waals surface area contributed by atoms with Crippen molar-refractivity contribution in [2.45, 2.75) is 0 Å². The normalized spacial score (nSPS) is 12.2. The average Bonchev–Trinajstić information content (AvgIpc) is 4.25. The van der Waals surface area contributed by atoms with E-state index in [1.165, 1.54) is 48.9 Å². The Labute approximate surface area is 459 Å². The second-order valence-corrected chi connectivity index (χ2v) is 20.8. The highest BCUT2D eigenvalue weighted by Crippen LogP contribution is 2.53. The number of rotatable bonds is 7. The lowest BCUT2D eigenvalue weighted by atomic mass is 9.90. The Balaban J connectivity index is 0.868. The van der Waals surface area contributed by atoms with Crippen LogP contribution in [-0.4, -0.2) is 28.7 Å². The van der Waals surface area contributed by atoms with Crippen molar-refractivity contribution < 1.29 is 0 Å². The fourth-order valence-electron chi connectivity index (χ4n) is 12.9. The van der Waals surface area contributed by atoms with Gasteiger partial charge in [-0.2, -0.15) is 0 Å². The molecule has 0 atom stereocenters. The molecule has 0 amide bonds. The standard InChI is InChI=1S/C73H45N7/c1-3-19-50(20-4-1)77-63-29-9-7-23-52(63)55-42-48(35-37-65(55)77)61-27-15-32-71(75-61)79-67-39-34-47(60-26-11-12-40-74-60)41-57(67)59-44-58-54-25-13-17-46-18-14-31-68(73(46)54)80(69(58)45-70(59)79)72-33-16-28-62(76-72)49-36-38-66-56(43-49)53-24-8-10-30-64(53)78(66)51-21-5-2-6-22-51/h1-45H. The number of para-hydroxylation sites is 4. The summed E-state index contributed by atoms with van der Waals surface area (Å²) in [5.41, 5.74) is 19.3. The van der Waals surface area contributed by atoms with Crippen molar-refractivity contribution in [2.75, 3.05) is 4.90 Å². The molecule has 17 rings (SSSR count). The number of benzene rings is 10. The van der Waals surface area contributed by atoms with Gasteiger partial charge in [0.1, 0.15) is 11.6 Å². The predicted octanol–water partition coefficient (Wildman–Crippen LogP) is 18.8. The van der Waals surface area contributed by atoms with Crippen LogP contribution in [0, 0.1) is 0 Å². The molecule has 372 valence electrons. The van der Waals surface area contributed by atoms with E-state index >= 15 is 0 Å². The summed E-state index contributed by atoms with van der Waals surface area (Å²) >= 11 is 0. The van der Waals surface area contributed by atoms with Crippen LogP contribution < -0.4 is 4.90 Å². The van der Waals surface area contributed by atoms with Crippen molar-refractivity contribution in [3.05, 3.63) is 273 Å². The minimum Gasteiger partial charge on any atom is -0.309 e. The Morgan fingerprint density at radius 1 is 0.275 bits per heavy atom. The van der Waals surface area contributed by atoms with Gasteiger partial charge in [-0.15, -0.1) is 0 Å². The molecule has 16 aromatic rings. The number of hydrogen-bond acceptors (Lipinski definition) is 4. The molecule has 1 aliphatic heterocycles. The van der Waals surface area contributed by atoms with Crippen LogP contribution in [0.15, 0.2) is 273 Å². The molecule has 10 aromatic carbocycles. The van der Waals surface area contributed by atoms with E-state index in [0.29, 0.717) is 0 Å². The van der Waals surface area contributed by atoms with Crippen LogP contribution in [-0.2, 0) is 0 Å². The average molecular weight is 1020 g/mol. The van der Waals surface area contributed by atoms with Gasteiger partial charge in [-0.3, -0.25) is 14.5 Å². The first-order valence-corrected chi connectivity index (χ1v) is 27.2. The topological polar surface area (TPSA) is 56.7 Å². The summed E-state index contributed by atoms with van der Waals surface area (Å²) in [4.78, 5) is 18.4. The minimum atomic E-state index is 0.828. The van der Waals surface area contributed by atoms with Crippen molar-refractivity contribution >= 4 is 93.4 Å². The van der Waals surface area contributed by atoms with E-state index in [-0.39, 0.29) is 0 Å². The van der Waals surface area contributed by atoms with Gasteiger partial charge < -0.3 is 9.13 Å². The van der Waals surface area contributed by atoms with Crippen LogP contribution >= 0.6 is 0 Å². The summed E-state index contributed by atoms with van der Waals surface area (Å²) in [5.74, 6) is 1.66. The fraction of sp³-hybridized carbons (Fsp3) is 0. The van der Waals surface area contributed by atoms with Gasteiger partial charge in [0.2, 0.25) is 0 Å². The zero-order valence-corrected chi connectivity index (χ0v) is 43.1. The third-order valence-electron chi connectivity index (χ3n) is 16.4. The lowest BCUT2D eigenvalue weighted by Gasteiger charge is -2.33.